The normalized spacial score (nSPS) is 16.0. The zero-order valence-corrected chi connectivity index (χ0v) is 20.4. The van der Waals surface area contributed by atoms with Gasteiger partial charge in [-0.15, -0.1) is 0 Å². The Morgan fingerprint density at radius 1 is 1.08 bits per heavy atom. The van der Waals surface area contributed by atoms with Gasteiger partial charge in [0.1, 0.15) is 0 Å². The number of nitrogens with one attached hydrogen (secondary N) is 1. The van der Waals surface area contributed by atoms with Crippen molar-refractivity contribution < 1.29 is 31.1 Å². The molecule has 1 saturated heterocycles. The van der Waals surface area contributed by atoms with E-state index in [9.17, 15) is 26.4 Å². The molecule has 0 radical (unpaired) electrons. The molecule has 0 saturated carbocycles. The first-order valence-corrected chi connectivity index (χ1v) is 13.1. The van der Waals surface area contributed by atoms with E-state index >= 15 is 0 Å². The van der Waals surface area contributed by atoms with Gasteiger partial charge >= 0.3 is 6.18 Å². The van der Waals surface area contributed by atoms with Crippen molar-refractivity contribution in [2.45, 2.75) is 12.7 Å². The van der Waals surface area contributed by atoms with Gasteiger partial charge in [0, 0.05) is 31.4 Å². The molecular formula is C23H22ClF3N4O4S. The molecule has 8 nitrogen and oxygen atoms in total. The van der Waals surface area contributed by atoms with Gasteiger partial charge in [-0.1, -0.05) is 35.9 Å². The van der Waals surface area contributed by atoms with Crippen molar-refractivity contribution in [2.75, 3.05) is 36.5 Å². The molecule has 0 atom stereocenters. The van der Waals surface area contributed by atoms with Crippen LogP contribution < -0.4 is 10.1 Å². The van der Waals surface area contributed by atoms with E-state index in [-0.39, 0.29) is 28.1 Å². The zero-order valence-electron chi connectivity index (χ0n) is 18.8. The van der Waals surface area contributed by atoms with Crippen LogP contribution >= 0.6 is 11.6 Å². The number of anilines is 1. The molecule has 13 heteroatoms. The summed E-state index contributed by atoms with van der Waals surface area (Å²) in [6.45, 7) is 0.968. The number of hydrogen-bond donors (Lipinski definition) is 1. The number of nitrogens with zero attached hydrogens (tertiary/aromatic N) is 3. The van der Waals surface area contributed by atoms with Crippen molar-refractivity contribution in [3.05, 3.63) is 70.9 Å². The zero-order chi connectivity index (χ0) is 25.9. The molecule has 36 heavy (non-hydrogen) atoms. The Kier molecular flexibility index (Phi) is 7.57. The SMILES string of the molecule is O=C(COc1cc(C(F)(F)F)nn1-c1ccccc1Cl)Nc1ccc(CN2CCS(=O)(=O)CC2)cc1. The Bertz CT molecular complexity index is 1330. The Labute approximate surface area is 210 Å². The van der Waals surface area contributed by atoms with E-state index in [1.54, 1.807) is 24.3 Å². The number of amides is 1. The lowest BCUT2D eigenvalue weighted by Crippen LogP contribution is -2.39. The van der Waals surface area contributed by atoms with Crippen molar-refractivity contribution >= 4 is 33.0 Å². The monoisotopic (exact) mass is 542 g/mol. The second-order valence-corrected chi connectivity index (χ2v) is 10.9. The lowest BCUT2D eigenvalue weighted by Gasteiger charge is -2.26. The summed E-state index contributed by atoms with van der Waals surface area (Å²) in [5.74, 6) is -0.587. The number of para-hydroxylation sites is 1. The summed E-state index contributed by atoms with van der Waals surface area (Å²) in [6, 6.07) is 13.9. The fraction of sp³-hybridized carbons (Fsp3) is 0.304. The summed E-state index contributed by atoms with van der Waals surface area (Å²) in [6.07, 6.45) is -4.71. The number of carbonyl (C=O) groups excluding carboxylic acids is 1. The van der Waals surface area contributed by atoms with E-state index in [2.05, 4.69) is 10.4 Å². The van der Waals surface area contributed by atoms with Crippen LogP contribution in [0.2, 0.25) is 5.02 Å². The third-order valence-electron chi connectivity index (χ3n) is 5.48. The third kappa shape index (κ3) is 6.56. The van der Waals surface area contributed by atoms with Gasteiger partial charge in [-0.05, 0) is 29.8 Å². The second kappa shape index (κ2) is 10.5. The molecule has 2 aromatic carbocycles. The number of carbonyl (C=O) groups is 1. The van der Waals surface area contributed by atoms with Crippen molar-refractivity contribution in [3.63, 3.8) is 0 Å². The largest absolute Gasteiger partial charge is 0.467 e. The summed E-state index contributed by atoms with van der Waals surface area (Å²) in [5, 5.41) is 6.34. The Balaban J connectivity index is 1.37. The molecule has 3 aromatic rings. The van der Waals surface area contributed by atoms with E-state index < -0.39 is 34.2 Å². The van der Waals surface area contributed by atoms with Crippen LogP contribution in [0, 0.1) is 0 Å². The number of benzene rings is 2. The molecule has 0 aliphatic carbocycles. The molecule has 1 amide bonds. The predicted molar refractivity (Wildman–Crippen MR) is 128 cm³/mol. The van der Waals surface area contributed by atoms with Gasteiger partial charge in [-0.2, -0.15) is 23.0 Å². The summed E-state index contributed by atoms with van der Waals surface area (Å²) < 4.78 is 69.1. The third-order valence-corrected chi connectivity index (χ3v) is 7.41. The van der Waals surface area contributed by atoms with Gasteiger partial charge in [0.2, 0.25) is 5.88 Å². The smallest absolute Gasteiger partial charge is 0.435 e. The molecule has 1 aromatic heterocycles. The molecule has 2 heterocycles. The molecule has 1 fully saturated rings. The Hall–Kier alpha value is -3.09. The minimum Gasteiger partial charge on any atom is -0.467 e. The molecule has 192 valence electrons. The molecule has 0 spiro atoms. The van der Waals surface area contributed by atoms with Crippen molar-refractivity contribution in [1.82, 2.24) is 14.7 Å². The quantitative estimate of drug-likeness (QED) is 0.488. The lowest BCUT2D eigenvalue weighted by molar-refractivity contribution is -0.141. The van der Waals surface area contributed by atoms with Gasteiger partial charge in [0.25, 0.3) is 5.91 Å². The average molecular weight is 543 g/mol. The topological polar surface area (TPSA) is 93.5 Å². The van der Waals surface area contributed by atoms with Gasteiger partial charge < -0.3 is 10.1 Å². The second-order valence-electron chi connectivity index (χ2n) is 8.19. The van der Waals surface area contributed by atoms with E-state index in [1.165, 1.54) is 12.1 Å². The number of sulfone groups is 1. The van der Waals surface area contributed by atoms with Crippen molar-refractivity contribution in [1.29, 1.82) is 0 Å². The summed E-state index contributed by atoms with van der Waals surface area (Å²) in [7, 11) is -2.95. The maximum absolute atomic E-state index is 13.2. The van der Waals surface area contributed by atoms with Crippen LogP contribution in [-0.2, 0) is 27.4 Å². The standard InChI is InChI=1S/C23H22ClF3N4O4S/c24-18-3-1-2-4-19(18)31-22(13-20(29-31)23(25,26)27)35-15-21(32)28-17-7-5-16(6-8-17)14-30-9-11-36(33,34)12-10-30/h1-8,13H,9-12,14-15H2,(H,28,32). The van der Waals surface area contributed by atoms with Gasteiger partial charge in [0.15, 0.2) is 22.1 Å². The molecule has 0 unspecified atom stereocenters. The fourth-order valence-corrected chi connectivity index (χ4v) is 5.09. The molecule has 1 aliphatic heterocycles. The van der Waals surface area contributed by atoms with Crippen LogP contribution in [-0.4, -0.2) is 60.2 Å². The number of ether oxygens (including phenoxy) is 1. The summed E-state index contributed by atoms with van der Waals surface area (Å²) in [4.78, 5) is 14.4. The van der Waals surface area contributed by atoms with Crippen molar-refractivity contribution in [3.8, 4) is 11.6 Å². The van der Waals surface area contributed by atoms with Crippen LogP contribution in [0.25, 0.3) is 5.69 Å². The van der Waals surface area contributed by atoms with Crippen molar-refractivity contribution in [2.24, 2.45) is 0 Å². The fourth-order valence-electron chi connectivity index (χ4n) is 3.60. The van der Waals surface area contributed by atoms with Crippen LogP contribution in [0.1, 0.15) is 11.3 Å². The van der Waals surface area contributed by atoms with Gasteiger partial charge in [0.05, 0.1) is 22.2 Å². The average Bonchev–Trinajstić information content (AvgIpc) is 3.25. The maximum Gasteiger partial charge on any atom is 0.435 e. The van der Waals surface area contributed by atoms with Crippen LogP contribution in [0.15, 0.2) is 54.6 Å². The molecule has 1 N–H and O–H groups in total. The summed E-state index contributed by atoms with van der Waals surface area (Å²) >= 11 is 6.10. The highest BCUT2D eigenvalue weighted by Crippen LogP contribution is 2.33. The lowest BCUT2D eigenvalue weighted by atomic mass is 10.2. The number of rotatable bonds is 7. The van der Waals surface area contributed by atoms with Gasteiger partial charge in [-0.25, -0.2) is 8.42 Å². The number of aromatic nitrogens is 2. The van der Waals surface area contributed by atoms with Crippen LogP contribution in [0.3, 0.4) is 0 Å². The van der Waals surface area contributed by atoms with E-state index in [0.29, 0.717) is 31.4 Å². The highest BCUT2D eigenvalue weighted by Gasteiger charge is 2.36. The first-order valence-electron chi connectivity index (χ1n) is 10.9. The number of hydrogen-bond acceptors (Lipinski definition) is 6. The highest BCUT2D eigenvalue weighted by atomic mass is 35.5. The molecule has 4 rings (SSSR count). The predicted octanol–water partition coefficient (Wildman–Crippen LogP) is 3.79. The highest BCUT2D eigenvalue weighted by molar-refractivity contribution is 7.91. The van der Waals surface area contributed by atoms with Crippen LogP contribution in [0.4, 0.5) is 18.9 Å². The molecular weight excluding hydrogens is 521 g/mol. The number of alkyl halides is 3. The van der Waals surface area contributed by atoms with E-state index in [4.69, 9.17) is 16.3 Å². The first kappa shape index (κ1) is 26.0. The molecule has 0 bridgehead atoms. The van der Waals surface area contributed by atoms with E-state index in [0.717, 1.165) is 10.2 Å². The maximum atomic E-state index is 13.2. The van der Waals surface area contributed by atoms with Gasteiger partial charge in [-0.3, -0.25) is 9.69 Å². The first-order chi connectivity index (χ1) is 17.0. The Morgan fingerprint density at radius 2 is 1.75 bits per heavy atom. The van der Waals surface area contributed by atoms with Crippen LogP contribution in [0.5, 0.6) is 5.88 Å². The minimum absolute atomic E-state index is 0.140. The minimum atomic E-state index is -4.71. The Morgan fingerprint density at radius 3 is 2.39 bits per heavy atom. The number of halogens is 4. The molecule has 1 aliphatic rings. The van der Waals surface area contributed by atoms with E-state index in [1.807, 2.05) is 17.0 Å². The summed E-state index contributed by atoms with van der Waals surface area (Å²) in [5.41, 5.74) is 0.419.